The van der Waals surface area contributed by atoms with Gasteiger partial charge in [-0.3, -0.25) is 13.9 Å². The third-order valence-corrected chi connectivity index (χ3v) is 8.70. The summed E-state index contributed by atoms with van der Waals surface area (Å²) in [7, 11) is -2.72. The molecule has 2 amide bonds. The predicted octanol–water partition coefficient (Wildman–Crippen LogP) is 5.27. The van der Waals surface area contributed by atoms with Crippen LogP contribution in [0.1, 0.15) is 39.2 Å². The van der Waals surface area contributed by atoms with Crippen molar-refractivity contribution in [2.45, 2.75) is 57.1 Å². The van der Waals surface area contributed by atoms with Crippen molar-refractivity contribution in [2.75, 3.05) is 18.0 Å². The lowest BCUT2D eigenvalue weighted by Crippen LogP contribution is -2.53. The van der Waals surface area contributed by atoms with Crippen LogP contribution < -0.4 is 14.4 Å². The molecule has 1 N–H and O–H groups in total. The van der Waals surface area contributed by atoms with Crippen LogP contribution in [0.25, 0.3) is 0 Å². The molecule has 0 aliphatic carbocycles. The maximum Gasteiger partial charge on any atom is 0.264 e. The summed E-state index contributed by atoms with van der Waals surface area (Å²) in [5.74, 6) is -0.445. The Balaban J connectivity index is 2.07. The van der Waals surface area contributed by atoms with Gasteiger partial charge in [0.05, 0.1) is 22.7 Å². The van der Waals surface area contributed by atoms with Crippen LogP contribution in [-0.4, -0.2) is 50.9 Å². The summed E-state index contributed by atoms with van der Waals surface area (Å²) in [4.78, 5) is 28.8. The summed E-state index contributed by atoms with van der Waals surface area (Å²) in [5.41, 5.74) is 1.01. The number of nitrogens with zero attached hydrogens (tertiary/aromatic N) is 2. The van der Waals surface area contributed by atoms with Crippen LogP contribution in [0.3, 0.4) is 0 Å². The molecule has 0 saturated carbocycles. The Morgan fingerprint density at radius 3 is 2.12 bits per heavy atom. The van der Waals surface area contributed by atoms with Gasteiger partial charge in [-0.05, 0) is 55.7 Å². The van der Waals surface area contributed by atoms with Crippen LogP contribution in [0, 0.1) is 0 Å². The zero-order valence-corrected chi connectivity index (χ0v) is 24.8. The minimum Gasteiger partial charge on any atom is -0.495 e. The van der Waals surface area contributed by atoms with E-state index < -0.39 is 28.5 Å². The number of nitrogens with one attached hydrogen (secondary N) is 1. The minimum absolute atomic E-state index is 0.0194. The van der Waals surface area contributed by atoms with E-state index in [0.717, 1.165) is 16.3 Å². The molecule has 0 spiro atoms. The third-order valence-electron chi connectivity index (χ3n) is 6.62. The molecule has 2 atom stereocenters. The normalized spacial score (nSPS) is 12.7. The molecule has 3 rings (SSSR count). The summed E-state index contributed by atoms with van der Waals surface area (Å²) < 4.78 is 34.0. The topological polar surface area (TPSA) is 96.0 Å². The van der Waals surface area contributed by atoms with E-state index in [-0.39, 0.29) is 34.1 Å². The van der Waals surface area contributed by atoms with Crippen LogP contribution in [0.2, 0.25) is 5.02 Å². The Morgan fingerprint density at radius 1 is 0.950 bits per heavy atom. The average molecular weight is 586 g/mol. The molecule has 8 nitrogen and oxygen atoms in total. The lowest BCUT2D eigenvalue weighted by molar-refractivity contribution is -0.140. The van der Waals surface area contributed by atoms with Gasteiger partial charge in [-0.25, -0.2) is 8.42 Å². The van der Waals surface area contributed by atoms with Crippen LogP contribution in [0.5, 0.6) is 5.75 Å². The molecule has 0 aliphatic heterocycles. The van der Waals surface area contributed by atoms with Crippen LogP contribution in [0.4, 0.5) is 5.69 Å². The molecule has 3 aromatic carbocycles. The van der Waals surface area contributed by atoms with Gasteiger partial charge < -0.3 is 15.0 Å². The summed E-state index contributed by atoms with van der Waals surface area (Å²) in [6.07, 6.45) is 1.08. The van der Waals surface area contributed by atoms with Crippen molar-refractivity contribution in [2.24, 2.45) is 0 Å². The molecule has 3 aromatic rings. The van der Waals surface area contributed by atoms with Crippen molar-refractivity contribution in [3.63, 3.8) is 0 Å². The van der Waals surface area contributed by atoms with Crippen molar-refractivity contribution in [1.29, 1.82) is 0 Å². The molecule has 214 valence electrons. The first-order valence-corrected chi connectivity index (χ1v) is 15.0. The Kier molecular flexibility index (Phi) is 11.0. The Hall–Kier alpha value is -3.56. The molecule has 0 heterocycles. The van der Waals surface area contributed by atoms with Gasteiger partial charge >= 0.3 is 0 Å². The van der Waals surface area contributed by atoms with Gasteiger partial charge in [0.1, 0.15) is 18.3 Å². The van der Waals surface area contributed by atoms with Crippen LogP contribution in [-0.2, 0) is 26.2 Å². The third kappa shape index (κ3) is 7.55. The zero-order chi connectivity index (χ0) is 29.3. The molecule has 40 heavy (non-hydrogen) atoms. The summed E-state index contributed by atoms with van der Waals surface area (Å²) >= 11 is 6.36. The van der Waals surface area contributed by atoms with Crippen molar-refractivity contribution >= 4 is 39.1 Å². The predicted molar refractivity (Wildman–Crippen MR) is 158 cm³/mol. The number of halogens is 1. The highest BCUT2D eigenvalue weighted by molar-refractivity contribution is 7.92. The van der Waals surface area contributed by atoms with Gasteiger partial charge in [-0.15, -0.1) is 0 Å². The number of benzene rings is 3. The van der Waals surface area contributed by atoms with Crippen LogP contribution in [0.15, 0.2) is 83.8 Å². The van der Waals surface area contributed by atoms with E-state index in [1.165, 1.54) is 36.3 Å². The largest absolute Gasteiger partial charge is 0.495 e. The molecular weight excluding hydrogens is 550 g/mol. The number of anilines is 1. The van der Waals surface area contributed by atoms with Crippen molar-refractivity contribution < 1.29 is 22.7 Å². The first kappa shape index (κ1) is 31.0. The van der Waals surface area contributed by atoms with Gasteiger partial charge in [-0.2, -0.15) is 0 Å². The second kappa shape index (κ2) is 14.2. The first-order valence-electron chi connectivity index (χ1n) is 13.2. The van der Waals surface area contributed by atoms with E-state index in [1.807, 2.05) is 51.1 Å². The van der Waals surface area contributed by atoms with E-state index in [1.54, 1.807) is 24.3 Å². The molecule has 0 radical (unpaired) electrons. The second-order valence-corrected chi connectivity index (χ2v) is 11.7. The molecule has 0 fully saturated rings. The average Bonchev–Trinajstić information content (AvgIpc) is 2.96. The molecule has 0 unspecified atom stereocenters. The summed E-state index contributed by atoms with van der Waals surface area (Å²) in [6, 6.07) is 20.8. The van der Waals surface area contributed by atoms with Gasteiger partial charge in [0.2, 0.25) is 11.8 Å². The van der Waals surface area contributed by atoms with Crippen molar-refractivity contribution in [3.8, 4) is 5.75 Å². The fourth-order valence-electron chi connectivity index (χ4n) is 4.20. The molecule has 0 saturated heterocycles. The SMILES string of the molecule is CC[C@H](C)NC(=O)[C@H](CC)N(Cc1ccccc1)C(=O)CN(c1ccc(OC)c(Cl)c1)S(=O)(=O)c1ccccc1. The van der Waals surface area contributed by atoms with Gasteiger partial charge in [-0.1, -0.05) is 74.0 Å². The van der Waals surface area contributed by atoms with E-state index in [9.17, 15) is 18.0 Å². The number of ether oxygens (including phenoxy) is 1. The fourth-order valence-corrected chi connectivity index (χ4v) is 5.88. The Morgan fingerprint density at radius 2 is 1.57 bits per heavy atom. The quantitative estimate of drug-likeness (QED) is 0.295. The zero-order valence-electron chi connectivity index (χ0n) is 23.2. The highest BCUT2D eigenvalue weighted by atomic mass is 35.5. The number of sulfonamides is 1. The standard InChI is InChI=1S/C30H36ClN3O5S/c1-5-22(3)32-30(36)27(6-2)33(20-23-13-9-7-10-14-23)29(35)21-34(24-17-18-28(39-4)26(31)19-24)40(37,38)25-15-11-8-12-16-25/h7-19,22,27H,5-6,20-21H2,1-4H3,(H,32,36)/t22-,27-/m0/s1. The van der Waals surface area contributed by atoms with Crippen molar-refractivity contribution in [1.82, 2.24) is 10.2 Å². The van der Waals surface area contributed by atoms with E-state index in [4.69, 9.17) is 16.3 Å². The van der Waals surface area contributed by atoms with Crippen molar-refractivity contribution in [3.05, 3.63) is 89.4 Å². The van der Waals surface area contributed by atoms with E-state index in [2.05, 4.69) is 5.32 Å². The van der Waals surface area contributed by atoms with Crippen LogP contribution >= 0.6 is 11.6 Å². The number of carbonyl (C=O) groups excluding carboxylic acids is 2. The molecule has 0 aliphatic rings. The maximum absolute atomic E-state index is 14.1. The minimum atomic E-state index is -4.18. The Labute approximate surface area is 241 Å². The first-order chi connectivity index (χ1) is 19.1. The summed E-state index contributed by atoms with van der Waals surface area (Å²) in [6.45, 7) is 5.28. The molecule has 0 aromatic heterocycles. The van der Waals surface area contributed by atoms with E-state index in [0.29, 0.717) is 12.2 Å². The number of rotatable bonds is 13. The van der Waals surface area contributed by atoms with Gasteiger partial charge in [0.15, 0.2) is 0 Å². The highest BCUT2D eigenvalue weighted by Crippen LogP contribution is 2.32. The number of carbonyl (C=O) groups is 2. The summed E-state index contributed by atoms with van der Waals surface area (Å²) in [5, 5.41) is 3.16. The lowest BCUT2D eigenvalue weighted by Gasteiger charge is -2.33. The molecule has 10 heteroatoms. The number of hydrogen-bond acceptors (Lipinski definition) is 5. The van der Waals surface area contributed by atoms with Gasteiger partial charge in [0, 0.05) is 12.6 Å². The van der Waals surface area contributed by atoms with Gasteiger partial charge in [0.25, 0.3) is 10.0 Å². The second-order valence-electron chi connectivity index (χ2n) is 9.39. The maximum atomic E-state index is 14.1. The van der Waals surface area contributed by atoms with E-state index >= 15 is 0 Å². The smallest absolute Gasteiger partial charge is 0.264 e. The number of methoxy groups -OCH3 is 1. The number of amides is 2. The molecule has 0 bridgehead atoms. The number of hydrogen-bond donors (Lipinski definition) is 1. The Bertz CT molecular complexity index is 1390. The highest BCUT2D eigenvalue weighted by Gasteiger charge is 2.34. The fraction of sp³-hybridized carbons (Fsp3) is 0.333. The molecular formula is C30H36ClN3O5S. The monoisotopic (exact) mass is 585 g/mol. The lowest BCUT2D eigenvalue weighted by atomic mass is 10.1.